The summed E-state index contributed by atoms with van der Waals surface area (Å²) in [7, 11) is 0. The molecular weight excluding hydrogens is 272 g/mol. The fourth-order valence-electron chi connectivity index (χ4n) is 1.63. The van der Waals surface area contributed by atoms with Gasteiger partial charge < -0.3 is 10.1 Å². The maximum absolute atomic E-state index is 11.8. The lowest BCUT2D eigenvalue weighted by atomic mass is 10.2. The van der Waals surface area contributed by atoms with E-state index in [1.165, 1.54) is 0 Å². The summed E-state index contributed by atoms with van der Waals surface area (Å²) in [6.45, 7) is 6.37. The summed E-state index contributed by atoms with van der Waals surface area (Å²) < 4.78 is 5.64. The van der Waals surface area contributed by atoms with Crippen molar-refractivity contribution >= 4 is 17.2 Å². The molecule has 1 amide bonds. The Bertz CT molecular complexity index is 607. The van der Waals surface area contributed by atoms with Gasteiger partial charge in [-0.1, -0.05) is 12.1 Å². The van der Waals surface area contributed by atoms with E-state index in [0.717, 1.165) is 10.7 Å². The van der Waals surface area contributed by atoms with E-state index in [-0.39, 0.29) is 5.91 Å². The number of carbonyl (C=O) groups is 1. The Labute approximate surface area is 122 Å². The number of rotatable bonds is 6. The van der Waals surface area contributed by atoms with Crippen LogP contribution in [-0.2, 0) is 6.61 Å². The zero-order valence-electron chi connectivity index (χ0n) is 11.3. The van der Waals surface area contributed by atoms with Gasteiger partial charge in [0.05, 0.1) is 10.7 Å². The predicted octanol–water partition coefficient (Wildman–Crippen LogP) is 2.95. The van der Waals surface area contributed by atoms with Crippen LogP contribution >= 0.6 is 11.3 Å². The number of benzene rings is 1. The van der Waals surface area contributed by atoms with Crippen molar-refractivity contribution in [2.24, 2.45) is 0 Å². The Morgan fingerprint density at radius 1 is 1.55 bits per heavy atom. The van der Waals surface area contributed by atoms with E-state index in [1.54, 1.807) is 35.6 Å². The summed E-state index contributed by atoms with van der Waals surface area (Å²) in [6.07, 6.45) is 1.64. The highest BCUT2D eigenvalue weighted by Gasteiger charge is 2.06. The molecule has 1 aromatic heterocycles. The van der Waals surface area contributed by atoms with Crippen LogP contribution in [0.15, 0.2) is 42.3 Å². The van der Waals surface area contributed by atoms with Gasteiger partial charge in [-0.3, -0.25) is 4.79 Å². The molecule has 1 aromatic carbocycles. The molecule has 2 aromatic rings. The largest absolute Gasteiger partial charge is 0.487 e. The van der Waals surface area contributed by atoms with Gasteiger partial charge in [0, 0.05) is 17.5 Å². The third-order valence-corrected chi connectivity index (χ3v) is 3.38. The fourth-order valence-corrected chi connectivity index (χ4v) is 2.22. The number of thiazole rings is 1. The molecule has 0 atom stereocenters. The monoisotopic (exact) mass is 288 g/mol. The highest BCUT2D eigenvalue weighted by atomic mass is 32.1. The van der Waals surface area contributed by atoms with Crippen molar-refractivity contribution in [2.75, 3.05) is 6.54 Å². The van der Waals surface area contributed by atoms with Crippen LogP contribution in [0.25, 0.3) is 0 Å². The summed E-state index contributed by atoms with van der Waals surface area (Å²) in [6, 6.07) is 7.09. The van der Waals surface area contributed by atoms with E-state index in [4.69, 9.17) is 4.74 Å². The van der Waals surface area contributed by atoms with Gasteiger partial charge in [0.15, 0.2) is 0 Å². The van der Waals surface area contributed by atoms with Crippen LogP contribution in [-0.4, -0.2) is 17.4 Å². The normalized spacial score (nSPS) is 10.1. The summed E-state index contributed by atoms with van der Waals surface area (Å²) in [5.41, 5.74) is 1.47. The Morgan fingerprint density at radius 2 is 2.40 bits per heavy atom. The molecule has 0 saturated heterocycles. The number of aromatic nitrogens is 1. The molecule has 4 nitrogen and oxygen atoms in total. The van der Waals surface area contributed by atoms with Crippen molar-refractivity contribution in [3.05, 3.63) is 58.6 Å². The predicted molar refractivity (Wildman–Crippen MR) is 80.2 cm³/mol. The number of carbonyl (C=O) groups excluding carboxylic acids is 1. The molecule has 0 aliphatic carbocycles. The standard InChI is InChI=1S/C15H16N2O2S/c1-3-7-16-15(18)12-5-4-6-14(8-12)19-9-13-10-20-11(2)17-13/h3-6,8,10H,1,7,9H2,2H3,(H,16,18). The molecule has 2 rings (SSSR count). The van der Waals surface area contributed by atoms with Crippen molar-refractivity contribution in [2.45, 2.75) is 13.5 Å². The Morgan fingerprint density at radius 3 is 3.10 bits per heavy atom. The lowest BCUT2D eigenvalue weighted by Gasteiger charge is -2.07. The second-order valence-electron chi connectivity index (χ2n) is 4.17. The molecule has 5 heteroatoms. The second kappa shape index (κ2) is 6.86. The van der Waals surface area contributed by atoms with Gasteiger partial charge in [0.2, 0.25) is 0 Å². The molecule has 0 bridgehead atoms. The average Bonchev–Trinajstić information content (AvgIpc) is 2.88. The summed E-state index contributed by atoms with van der Waals surface area (Å²) >= 11 is 1.59. The Hall–Kier alpha value is -2.14. The number of nitrogens with one attached hydrogen (secondary N) is 1. The average molecular weight is 288 g/mol. The lowest BCUT2D eigenvalue weighted by Crippen LogP contribution is -2.23. The molecule has 0 aliphatic rings. The molecule has 0 spiro atoms. The number of aryl methyl sites for hydroxylation is 1. The van der Waals surface area contributed by atoms with Gasteiger partial charge in [-0.15, -0.1) is 17.9 Å². The summed E-state index contributed by atoms with van der Waals surface area (Å²) in [5, 5.41) is 5.71. The van der Waals surface area contributed by atoms with Crippen molar-refractivity contribution in [1.29, 1.82) is 0 Å². The molecular formula is C15H16N2O2S. The van der Waals surface area contributed by atoms with E-state index < -0.39 is 0 Å². The van der Waals surface area contributed by atoms with Crippen molar-refractivity contribution in [1.82, 2.24) is 10.3 Å². The van der Waals surface area contributed by atoms with Crippen LogP contribution in [0.1, 0.15) is 21.1 Å². The molecule has 104 valence electrons. The number of hydrogen-bond acceptors (Lipinski definition) is 4. The van der Waals surface area contributed by atoms with Gasteiger partial charge in [0.1, 0.15) is 12.4 Å². The summed E-state index contributed by atoms with van der Waals surface area (Å²) in [5.74, 6) is 0.516. The number of amides is 1. The molecule has 0 radical (unpaired) electrons. The zero-order valence-corrected chi connectivity index (χ0v) is 12.1. The van der Waals surface area contributed by atoms with Crippen LogP contribution < -0.4 is 10.1 Å². The third kappa shape index (κ3) is 3.93. The maximum Gasteiger partial charge on any atom is 0.251 e. The van der Waals surface area contributed by atoms with Crippen molar-refractivity contribution in [3.63, 3.8) is 0 Å². The molecule has 0 saturated carbocycles. The van der Waals surface area contributed by atoms with Crippen molar-refractivity contribution in [3.8, 4) is 5.75 Å². The van der Waals surface area contributed by atoms with Crippen LogP contribution in [0, 0.1) is 6.92 Å². The van der Waals surface area contributed by atoms with E-state index in [2.05, 4.69) is 16.9 Å². The smallest absolute Gasteiger partial charge is 0.251 e. The zero-order chi connectivity index (χ0) is 14.4. The summed E-state index contributed by atoms with van der Waals surface area (Å²) in [4.78, 5) is 16.1. The highest BCUT2D eigenvalue weighted by molar-refractivity contribution is 7.09. The molecule has 0 aliphatic heterocycles. The number of ether oxygens (including phenoxy) is 1. The topological polar surface area (TPSA) is 51.2 Å². The molecule has 1 heterocycles. The van der Waals surface area contributed by atoms with Crippen LogP contribution in [0.5, 0.6) is 5.75 Å². The number of hydrogen-bond donors (Lipinski definition) is 1. The number of nitrogens with zero attached hydrogens (tertiary/aromatic N) is 1. The van der Waals surface area contributed by atoms with Crippen LogP contribution in [0.3, 0.4) is 0 Å². The van der Waals surface area contributed by atoms with Crippen LogP contribution in [0.4, 0.5) is 0 Å². The van der Waals surface area contributed by atoms with E-state index >= 15 is 0 Å². The molecule has 20 heavy (non-hydrogen) atoms. The quantitative estimate of drug-likeness (QED) is 0.831. The van der Waals surface area contributed by atoms with Gasteiger partial charge in [-0.05, 0) is 25.1 Å². The Balaban J connectivity index is 1.98. The van der Waals surface area contributed by atoms with E-state index in [0.29, 0.717) is 24.5 Å². The minimum atomic E-state index is -0.139. The van der Waals surface area contributed by atoms with E-state index in [9.17, 15) is 4.79 Å². The van der Waals surface area contributed by atoms with Crippen LogP contribution in [0.2, 0.25) is 0 Å². The maximum atomic E-state index is 11.8. The first-order valence-corrected chi connectivity index (χ1v) is 7.10. The fraction of sp³-hybridized carbons (Fsp3) is 0.200. The first kappa shape index (κ1) is 14.3. The van der Waals surface area contributed by atoms with Gasteiger partial charge in [-0.2, -0.15) is 0 Å². The van der Waals surface area contributed by atoms with Crippen molar-refractivity contribution < 1.29 is 9.53 Å². The molecule has 0 unspecified atom stereocenters. The first-order chi connectivity index (χ1) is 9.69. The van der Waals surface area contributed by atoms with E-state index in [1.807, 2.05) is 18.4 Å². The minimum absolute atomic E-state index is 0.139. The van der Waals surface area contributed by atoms with Gasteiger partial charge >= 0.3 is 0 Å². The van der Waals surface area contributed by atoms with Gasteiger partial charge in [0.25, 0.3) is 5.91 Å². The Kier molecular flexibility index (Phi) is 4.90. The lowest BCUT2D eigenvalue weighted by molar-refractivity contribution is 0.0957. The molecule has 1 N–H and O–H groups in total. The second-order valence-corrected chi connectivity index (χ2v) is 5.24. The first-order valence-electron chi connectivity index (χ1n) is 6.22. The molecule has 0 fully saturated rings. The highest BCUT2D eigenvalue weighted by Crippen LogP contribution is 2.16. The third-order valence-electron chi connectivity index (χ3n) is 2.56. The van der Waals surface area contributed by atoms with Gasteiger partial charge in [-0.25, -0.2) is 4.98 Å². The minimum Gasteiger partial charge on any atom is -0.487 e. The SMILES string of the molecule is C=CCNC(=O)c1cccc(OCc2csc(C)n2)c1.